The van der Waals surface area contributed by atoms with E-state index < -0.39 is 10.0 Å². The lowest BCUT2D eigenvalue weighted by Gasteiger charge is -2.13. The molecule has 0 saturated carbocycles. The van der Waals surface area contributed by atoms with Gasteiger partial charge in [0, 0.05) is 19.1 Å². The summed E-state index contributed by atoms with van der Waals surface area (Å²) in [5.41, 5.74) is 5.16. The van der Waals surface area contributed by atoms with Crippen molar-refractivity contribution in [2.24, 2.45) is 5.73 Å². The zero-order valence-electron chi connectivity index (χ0n) is 9.12. The molecule has 15 heavy (non-hydrogen) atoms. The fourth-order valence-electron chi connectivity index (χ4n) is 1.05. The maximum absolute atomic E-state index is 11.4. The number of rotatable bonds is 8. The molecular weight excluding hydrogens is 218 g/mol. The van der Waals surface area contributed by atoms with E-state index in [0.29, 0.717) is 6.61 Å². The summed E-state index contributed by atoms with van der Waals surface area (Å²) in [5, 5.41) is 7.02. The Balaban J connectivity index is 3.97. The molecule has 0 rings (SSSR count). The molecule has 0 heterocycles. The maximum Gasteiger partial charge on any atom is 0.214 e. The van der Waals surface area contributed by atoms with Crippen LogP contribution in [0.1, 0.15) is 20.3 Å². The van der Waals surface area contributed by atoms with Crippen molar-refractivity contribution in [3.05, 3.63) is 0 Å². The number of ether oxygens (including phenoxy) is 1. The van der Waals surface area contributed by atoms with E-state index in [-0.39, 0.29) is 30.7 Å². The van der Waals surface area contributed by atoms with Crippen LogP contribution in [-0.4, -0.2) is 39.3 Å². The second-order valence-corrected chi connectivity index (χ2v) is 5.14. The van der Waals surface area contributed by atoms with Gasteiger partial charge in [0.2, 0.25) is 10.0 Å². The Morgan fingerprint density at radius 1 is 1.60 bits per heavy atom. The predicted octanol–water partition coefficient (Wildman–Crippen LogP) is -0.343. The Kier molecular flexibility index (Phi) is 6.46. The smallest absolute Gasteiger partial charge is 0.214 e. The average Bonchev–Trinajstić information content (AvgIpc) is 2.00. The first-order valence-corrected chi connectivity index (χ1v) is 6.43. The summed E-state index contributed by atoms with van der Waals surface area (Å²) in [6, 6.07) is -0.353. The van der Waals surface area contributed by atoms with Crippen LogP contribution in [0.3, 0.4) is 0 Å². The van der Waals surface area contributed by atoms with Crippen LogP contribution in [0.5, 0.6) is 0 Å². The van der Waals surface area contributed by atoms with Gasteiger partial charge in [-0.3, -0.25) is 5.41 Å². The monoisotopic (exact) mass is 237 g/mol. The van der Waals surface area contributed by atoms with E-state index in [9.17, 15) is 8.42 Å². The minimum atomic E-state index is -3.33. The van der Waals surface area contributed by atoms with E-state index in [0.717, 1.165) is 0 Å². The third kappa shape index (κ3) is 8.34. The van der Waals surface area contributed by atoms with Crippen LogP contribution in [0, 0.1) is 5.41 Å². The van der Waals surface area contributed by atoms with Gasteiger partial charge in [-0.2, -0.15) is 0 Å². The van der Waals surface area contributed by atoms with Crippen LogP contribution in [0.15, 0.2) is 0 Å². The molecule has 0 bridgehead atoms. The van der Waals surface area contributed by atoms with Crippen molar-refractivity contribution in [3.63, 3.8) is 0 Å². The number of hydrogen-bond acceptors (Lipinski definition) is 4. The van der Waals surface area contributed by atoms with Crippen molar-refractivity contribution in [3.8, 4) is 0 Å². The van der Waals surface area contributed by atoms with Crippen molar-refractivity contribution in [2.45, 2.75) is 26.3 Å². The van der Waals surface area contributed by atoms with E-state index >= 15 is 0 Å². The van der Waals surface area contributed by atoms with Gasteiger partial charge in [-0.1, -0.05) is 0 Å². The van der Waals surface area contributed by atoms with Gasteiger partial charge in [0.25, 0.3) is 0 Å². The molecule has 0 aromatic heterocycles. The predicted molar refractivity (Wildman–Crippen MR) is 59.4 cm³/mol. The highest BCUT2D eigenvalue weighted by Crippen LogP contribution is 1.94. The van der Waals surface area contributed by atoms with Crippen molar-refractivity contribution >= 4 is 15.9 Å². The molecule has 0 aliphatic heterocycles. The summed E-state index contributed by atoms with van der Waals surface area (Å²) in [7, 11) is -3.33. The minimum Gasteiger partial charge on any atom is -0.388 e. The standard InChI is InChI=1S/C8H19N3O3S/c1-3-14-4-5-15(12,13)11-7(2)6-8(9)10/h7,11H,3-6H2,1-2H3,(H3,9,10). The molecule has 7 heteroatoms. The SMILES string of the molecule is CCOCCS(=O)(=O)NC(C)CC(=N)N. The van der Waals surface area contributed by atoms with Gasteiger partial charge in [-0.05, 0) is 13.8 Å². The van der Waals surface area contributed by atoms with Crippen LogP contribution < -0.4 is 10.5 Å². The Hall–Kier alpha value is -0.660. The zero-order chi connectivity index (χ0) is 11.9. The lowest BCUT2D eigenvalue weighted by Crippen LogP contribution is -2.37. The van der Waals surface area contributed by atoms with Gasteiger partial charge < -0.3 is 10.5 Å². The van der Waals surface area contributed by atoms with Crippen LogP contribution in [0.25, 0.3) is 0 Å². The second kappa shape index (κ2) is 6.76. The van der Waals surface area contributed by atoms with Crippen LogP contribution in [0.2, 0.25) is 0 Å². The fourth-order valence-corrected chi connectivity index (χ4v) is 2.20. The van der Waals surface area contributed by atoms with E-state index in [4.69, 9.17) is 15.9 Å². The Labute approximate surface area is 90.7 Å². The lowest BCUT2D eigenvalue weighted by molar-refractivity contribution is 0.163. The van der Waals surface area contributed by atoms with Crippen molar-refractivity contribution < 1.29 is 13.2 Å². The molecule has 6 nitrogen and oxygen atoms in total. The quantitative estimate of drug-likeness (QED) is 0.305. The third-order valence-corrected chi connectivity index (χ3v) is 3.07. The average molecular weight is 237 g/mol. The van der Waals surface area contributed by atoms with Crippen molar-refractivity contribution in [1.29, 1.82) is 5.41 Å². The molecule has 4 N–H and O–H groups in total. The molecule has 0 fully saturated rings. The van der Waals surface area contributed by atoms with Gasteiger partial charge in [0.05, 0.1) is 18.2 Å². The normalized spacial score (nSPS) is 13.7. The fraction of sp³-hybridized carbons (Fsp3) is 0.875. The summed E-state index contributed by atoms with van der Waals surface area (Å²) in [6.45, 7) is 4.15. The van der Waals surface area contributed by atoms with E-state index in [1.54, 1.807) is 13.8 Å². The molecule has 1 unspecified atom stereocenters. The first kappa shape index (κ1) is 14.3. The topological polar surface area (TPSA) is 105 Å². The largest absolute Gasteiger partial charge is 0.388 e. The highest BCUT2D eigenvalue weighted by Gasteiger charge is 2.14. The van der Waals surface area contributed by atoms with E-state index in [2.05, 4.69) is 4.72 Å². The van der Waals surface area contributed by atoms with Gasteiger partial charge >= 0.3 is 0 Å². The molecule has 1 atom stereocenters. The minimum absolute atomic E-state index is 0.0324. The molecule has 0 amide bonds. The first-order valence-electron chi connectivity index (χ1n) is 4.78. The summed E-state index contributed by atoms with van der Waals surface area (Å²) in [5.74, 6) is -0.0988. The molecule has 0 spiro atoms. The lowest BCUT2D eigenvalue weighted by atomic mass is 10.2. The molecule has 0 aliphatic carbocycles. The summed E-state index contributed by atoms with van der Waals surface area (Å²) >= 11 is 0. The second-order valence-electron chi connectivity index (χ2n) is 3.26. The Morgan fingerprint density at radius 2 is 2.20 bits per heavy atom. The number of hydrogen-bond donors (Lipinski definition) is 3. The van der Waals surface area contributed by atoms with Crippen molar-refractivity contribution in [2.75, 3.05) is 19.0 Å². The molecular formula is C8H19N3O3S. The zero-order valence-corrected chi connectivity index (χ0v) is 9.93. The summed E-state index contributed by atoms with van der Waals surface area (Å²) in [4.78, 5) is 0. The van der Waals surface area contributed by atoms with Crippen LogP contribution in [-0.2, 0) is 14.8 Å². The van der Waals surface area contributed by atoms with E-state index in [1.165, 1.54) is 0 Å². The summed E-state index contributed by atoms with van der Waals surface area (Å²) < 4.78 is 30.2. The molecule has 0 saturated heterocycles. The van der Waals surface area contributed by atoms with Crippen molar-refractivity contribution in [1.82, 2.24) is 4.72 Å². The molecule has 0 aromatic rings. The first-order chi connectivity index (χ1) is 6.87. The molecule has 0 aliphatic rings. The van der Waals surface area contributed by atoms with Crippen LogP contribution in [0.4, 0.5) is 0 Å². The third-order valence-electron chi connectivity index (χ3n) is 1.61. The highest BCUT2D eigenvalue weighted by atomic mass is 32.2. The Morgan fingerprint density at radius 3 is 2.67 bits per heavy atom. The Bertz CT molecular complexity index is 290. The number of nitrogens with two attached hydrogens (primary N) is 1. The van der Waals surface area contributed by atoms with Gasteiger partial charge in [0.15, 0.2) is 0 Å². The highest BCUT2D eigenvalue weighted by molar-refractivity contribution is 7.89. The summed E-state index contributed by atoms with van der Waals surface area (Å²) in [6.07, 6.45) is 0.216. The number of nitrogens with one attached hydrogen (secondary N) is 2. The van der Waals surface area contributed by atoms with Crippen LogP contribution >= 0.6 is 0 Å². The van der Waals surface area contributed by atoms with Gasteiger partial charge in [-0.25, -0.2) is 13.1 Å². The number of amidine groups is 1. The van der Waals surface area contributed by atoms with Gasteiger partial charge in [-0.15, -0.1) is 0 Å². The number of sulfonamides is 1. The maximum atomic E-state index is 11.4. The molecule has 0 radical (unpaired) electrons. The molecule has 90 valence electrons. The molecule has 0 aromatic carbocycles. The van der Waals surface area contributed by atoms with E-state index in [1.807, 2.05) is 0 Å². The van der Waals surface area contributed by atoms with Gasteiger partial charge in [0.1, 0.15) is 0 Å².